The van der Waals surface area contributed by atoms with Gasteiger partial charge in [0, 0.05) is 37.9 Å². The van der Waals surface area contributed by atoms with Gasteiger partial charge in [-0.1, -0.05) is 24.3 Å². The monoisotopic (exact) mass is 353 g/mol. The number of carbonyl (C=O) groups excluding carboxylic acids is 1. The molecule has 0 unspecified atom stereocenters. The van der Waals surface area contributed by atoms with Crippen LogP contribution in [0.3, 0.4) is 0 Å². The summed E-state index contributed by atoms with van der Waals surface area (Å²) >= 11 is 0. The highest BCUT2D eigenvalue weighted by Crippen LogP contribution is 2.31. The summed E-state index contributed by atoms with van der Waals surface area (Å²) in [5, 5.41) is 16.2. The fourth-order valence-corrected chi connectivity index (χ4v) is 3.79. The van der Waals surface area contributed by atoms with Crippen molar-refractivity contribution in [1.29, 1.82) is 0 Å². The van der Waals surface area contributed by atoms with Crippen LogP contribution in [0, 0.1) is 0 Å². The van der Waals surface area contributed by atoms with Crippen molar-refractivity contribution in [2.75, 3.05) is 18.0 Å². The maximum absolute atomic E-state index is 12.4. The molecule has 7 nitrogen and oxygen atoms in total. The third kappa shape index (κ3) is 3.48. The Bertz CT molecular complexity index is 762. The smallest absolute Gasteiger partial charge is 0.315 e. The van der Waals surface area contributed by atoms with Crippen LogP contribution < -0.4 is 15.5 Å². The topological polar surface area (TPSA) is 90.4 Å². The Balaban J connectivity index is 1.30. The van der Waals surface area contributed by atoms with Gasteiger partial charge in [0.15, 0.2) is 0 Å². The van der Waals surface area contributed by atoms with Gasteiger partial charge in [0.05, 0.1) is 12.1 Å². The number of nitrogens with zero attached hydrogens (tertiary/aromatic N) is 3. The summed E-state index contributed by atoms with van der Waals surface area (Å²) in [6, 6.07) is 9.21. The van der Waals surface area contributed by atoms with E-state index in [1.54, 1.807) is 18.5 Å². The minimum atomic E-state index is -0.574. The highest BCUT2D eigenvalue weighted by Gasteiger charge is 2.32. The number of fused-ring (bicyclic) bond motifs is 1. The molecule has 3 N–H and O–H groups in total. The third-order valence-corrected chi connectivity index (χ3v) is 5.16. The van der Waals surface area contributed by atoms with Crippen molar-refractivity contribution in [2.24, 2.45) is 0 Å². The molecule has 0 radical (unpaired) electrons. The number of urea groups is 1. The lowest BCUT2D eigenvalue weighted by atomic mass is 10.1. The average molecular weight is 353 g/mol. The molecule has 26 heavy (non-hydrogen) atoms. The van der Waals surface area contributed by atoms with E-state index >= 15 is 0 Å². The van der Waals surface area contributed by atoms with E-state index in [0.717, 1.165) is 43.0 Å². The molecular weight excluding hydrogens is 330 g/mol. The summed E-state index contributed by atoms with van der Waals surface area (Å²) in [5.41, 5.74) is 2.10. The molecule has 0 spiro atoms. The van der Waals surface area contributed by atoms with Gasteiger partial charge in [-0.05, 0) is 30.0 Å². The predicted molar refractivity (Wildman–Crippen MR) is 97.8 cm³/mol. The minimum Gasteiger partial charge on any atom is -0.390 e. The number of nitrogens with one attached hydrogen (secondary N) is 2. The van der Waals surface area contributed by atoms with Crippen LogP contribution in [0.25, 0.3) is 0 Å². The molecule has 4 rings (SSSR count). The zero-order chi connectivity index (χ0) is 17.9. The van der Waals surface area contributed by atoms with E-state index in [0.29, 0.717) is 6.42 Å². The molecule has 2 heterocycles. The van der Waals surface area contributed by atoms with Crippen molar-refractivity contribution in [3.63, 3.8) is 0 Å². The van der Waals surface area contributed by atoms with Crippen LogP contribution in [0.4, 0.5) is 10.7 Å². The van der Waals surface area contributed by atoms with Gasteiger partial charge in [-0.25, -0.2) is 14.8 Å². The fourth-order valence-electron chi connectivity index (χ4n) is 3.79. The van der Waals surface area contributed by atoms with E-state index < -0.39 is 6.10 Å². The van der Waals surface area contributed by atoms with Crippen LogP contribution >= 0.6 is 0 Å². The summed E-state index contributed by atoms with van der Waals surface area (Å²) in [4.78, 5) is 23.1. The number of aliphatic hydroxyl groups excluding tert-OH is 1. The third-order valence-electron chi connectivity index (χ3n) is 5.16. The van der Waals surface area contributed by atoms with E-state index in [2.05, 4.69) is 25.5 Å². The Morgan fingerprint density at radius 1 is 1.08 bits per heavy atom. The average Bonchev–Trinajstić information content (AvgIpc) is 2.98. The van der Waals surface area contributed by atoms with Crippen LogP contribution in [-0.2, 0) is 6.42 Å². The lowest BCUT2D eigenvalue weighted by Crippen LogP contribution is -2.49. The Labute approximate surface area is 152 Å². The molecule has 2 amide bonds. The van der Waals surface area contributed by atoms with Gasteiger partial charge >= 0.3 is 6.03 Å². The first-order chi connectivity index (χ1) is 12.7. The summed E-state index contributed by atoms with van der Waals surface area (Å²) in [6.45, 7) is 1.62. The number of hydrogen-bond donors (Lipinski definition) is 3. The quantitative estimate of drug-likeness (QED) is 0.776. The van der Waals surface area contributed by atoms with E-state index in [9.17, 15) is 9.90 Å². The standard InChI is InChI=1S/C19H23N5O2/c25-16-12-13-4-1-2-5-15(13)17(16)23-19(26)22-14-6-10-24(11-7-14)18-20-8-3-9-21-18/h1-5,8-9,14,16-17,25H,6-7,10-12H2,(H2,22,23,26)/t16-,17+/m0/s1. The number of rotatable bonds is 3. The molecule has 2 atom stereocenters. The summed E-state index contributed by atoms with van der Waals surface area (Å²) in [6.07, 6.45) is 5.17. The fraction of sp³-hybridized carbons (Fsp3) is 0.421. The Morgan fingerprint density at radius 2 is 1.81 bits per heavy atom. The normalized spacial score (nSPS) is 22.7. The lowest BCUT2D eigenvalue weighted by Gasteiger charge is -2.32. The molecule has 1 aliphatic heterocycles. The van der Waals surface area contributed by atoms with Crippen molar-refractivity contribution >= 4 is 12.0 Å². The summed E-state index contributed by atoms with van der Waals surface area (Å²) < 4.78 is 0. The number of amides is 2. The second-order valence-corrected chi connectivity index (χ2v) is 6.88. The number of benzene rings is 1. The van der Waals surface area contributed by atoms with Crippen molar-refractivity contribution in [3.05, 3.63) is 53.9 Å². The SMILES string of the molecule is O=C(NC1CCN(c2ncccn2)CC1)N[C@@H]1c2ccccc2C[C@@H]1O. The number of anilines is 1. The first kappa shape index (κ1) is 16.8. The van der Waals surface area contributed by atoms with Crippen LogP contribution in [0.1, 0.15) is 30.0 Å². The van der Waals surface area contributed by atoms with Crippen molar-refractivity contribution in [2.45, 2.75) is 37.5 Å². The minimum absolute atomic E-state index is 0.115. The Kier molecular flexibility index (Phi) is 4.71. The zero-order valence-electron chi connectivity index (χ0n) is 14.5. The van der Waals surface area contributed by atoms with Crippen molar-refractivity contribution in [1.82, 2.24) is 20.6 Å². The maximum atomic E-state index is 12.4. The van der Waals surface area contributed by atoms with Gasteiger partial charge in [0.1, 0.15) is 0 Å². The number of hydrogen-bond acceptors (Lipinski definition) is 5. The first-order valence-electron chi connectivity index (χ1n) is 9.05. The van der Waals surface area contributed by atoms with Crippen LogP contribution in [-0.4, -0.2) is 46.3 Å². The van der Waals surface area contributed by atoms with Gasteiger partial charge in [0.2, 0.25) is 5.95 Å². The van der Waals surface area contributed by atoms with Gasteiger partial charge in [-0.2, -0.15) is 0 Å². The largest absolute Gasteiger partial charge is 0.390 e. The molecule has 1 aromatic heterocycles. The van der Waals surface area contributed by atoms with E-state index in [-0.39, 0.29) is 18.1 Å². The second kappa shape index (κ2) is 7.29. The predicted octanol–water partition coefficient (Wildman–Crippen LogP) is 1.40. The Morgan fingerprint density at radius 3 is 2.58 bits per heavy atom. The molecule has 136 valence electrons. The van der Waals surface area contributed by atoms with Gasteiger partial charge in [-0.15, -0.1) is 0 Å². The highest BCUT2D eigenvalue weighted by atomic mass is 16.3. The molecule has 1 fully saturated rings. The molecule has 0 bridgehead atoms. The number of piperidine rings is 1. The highest BCUT2D eigenvalue weighted by molar-refractivity contribution is 5.75. The van der Waals surface area contributed by atoms with Crippen molar-refractivity contribution in [3.8, 4) is 0 Å². The number of carbonyl (C=O) groups is 1. The molecule has 2 aromatic rings. The summed E-state index contributed by atoms with van der Waals surface area (Å²) in [7, 11) is 0. The molecule has 2 aliphatic rings. The maximum Gasteiger partial charge on any atom is 0.315 e. The van der Waals surface area contributed by atoms with E-state index in [1.165, 1.54) is 0 Å². The molecule has 1 aliphatic carbocycles. The van der Waals surface area contributed by atoms with Crippen LogP contribution in [0.5, 0.6) is 0 Å². The van der Waals surface area contributed by atoms with E-state index in [4.69, 9.17) is 0 Å². The molecular formula is C19H23N5O2. The molecule has 0 saturated carbocycles. The summed E-state index contributed by atoms with van der Waals surface area (Å²) in [5.74, 6) is 0.737. The van der Waals surface area contributed by atoms with Crippen molar-refractivity contribution < 1.29 is 9.90 Å². The zero-order valence-corrected chi connectivity index (χ0v) is 14.5. The van der Waals surface area contributed by atoms with Gasteiger partial charge in [0.25, 0.3) is 0 Å². The molecule has 7 heteroatoms. The number of aromatic nitrogens is 2. The van der Waals surface area contributed by atoms with E-state index in [1.807, 2.05) is 24.3 Å². The van der Waals surface area contributed by atoms with Crippen LogP contribution in [0.15, 0.2) is 42.7 Å². The second-order valence-electron chi connectivity index (χ2n) is 6.88. The molecule has 1 aromatic carbocycles. The lowest BCUT2D eigenvalue weighted by molar-refractivity contribution is 0.141. The first-order valence-corrected chi connectivity index (χ1v) is 9.05. The Hall–Kier alpha value is -2.67. The van der Waals surface area contributed by atoms with Gasteiger partial charge in [-0.3, -0.25) is 0 Å². The molecule has 1 saturated heterocycles. The van der Waals surface area contributed by atoms with Crippen LogP contribution in [0.2, 0.25) is 0 Å². The van der Waals surface area contributed by atoms with Gasteiger partial charge < -0.3 is 20.6 Å². The number of aliphatic hydroxyl groups is 1.